The molecule has 2 N–H and O–H groups in total. The smallest absolute Gasteiger partial charge is 0.0347 e. The van der Waals surface area contributed by atoms with E-state index in [0.717, 1.165) is 18.5 Å². The SMILES string of the molecule is CCC1CCC(N(C)C2(CN)CCSCC2)CC1. The maximum Gasteiger partial charge on any atom is 0.0347 e. The second-order valence-corrected chi connectivity index (χ2v) is 7.46. The van der Waals surface area contributed by atoms with Crippen molar-refractivity contribution < 1.29 is 0 Å². The molecule has 2 nitrogen and oxygen atoms in total. The standard InChI is InChI=1S/C15H30N2S/c1-3-13-4-6-14(7-5-13)17(2)15(12-16)8-10-18-11-9-15/h13-14H,3-12,16H2,1-2H3. The molecule has 3 heteroatoms. The highest BCUT2D eigenvalue weighted by molar-refractivity contribution is 7.99. The van der Waals surface area contributed by atoms with Gasteiger partial charge in [0.25, 0.3) is 0 Å². The van der Waals surface area contributed by atoms with Gasteiger partial charge < -0.3 is 5.73 Å². The molecule has 0 aromatic rings. The highest BCUT2D eigenvalue weighted by atomic mass is 32.2. The first-order valence-electron chi connectivity index (χ1n) is 7.72. The molecular weight excluding hydrogens is 240 g/mol. The topological polar surface area (TPSA) is 29.3 Å². The fourth-order valence-corrected chi connectivity index (χ4v) is 5.03. The molecule has 2 fully saturated rings. The lowest BCUT2D eigenvalue weighted by Crippen LogP contribution is -2.58. The molecule has 1 saturated carbocycles. The summed E-state index contributed by atoms with van der Waals surface area (Å²) in [5.41, 5.74) is 6.46. The molecule has 1 heterocycles. The molecule has 0 spiro atoms. The Morgan fingerprint density at radius 1 is 1.17 bits per heavy atom. The van der Waals surface area contributed by atoms with Crippen molar-refractivity contribution in [2.24, 2.45) is 11.7 Å². The monoisotopic (exact) mass is 270 g/mol. The van der Waals surface area contributed by atoms with Crippen LogP contribution in [0.3, 0.4) is 0 Å². The van der Waals surface area contributed by atoms with Crippen molar-refractivity contribution in [2.45, 2.75) is 63.5 Å². The average Bonchev–Trinajstić information content (AvgIpc) is 2.47. The molecule has 1 aliphatic heterocycles. The third-order valence-corrected chi connectivity index (χ3v) is 6.48. The van der Waals surface area contributed by atoms with Gasteiger partial charge in [-0.3, -0.25) is 4.90 Å². The van der Waals surface area contributed by atoms with E-state index in [4.69, 9.17) is 5.73 Å². The predicted molar refractivity (Wildman–Crippen MR) is 82.1 cm³/mol. The maximum absolute atomic E-state index is 6.15. The van der Waals surface area contributed by atoms with Crippen LogP contribution in [-0.4, -0.2) is 41.6 Å². The highest BCUT2D eigenvalue weighted by Gasteiger charge is 2.39. The van der Waals surface area contributed by atoms with Gasteiger partial charge >= 0.3 is 0 Å². The van der Waals surface area contributed by atoms with Gasteiger partial charge in [0.2, 0.25) is 0 Å². The zero-order valence-corrected chi connectivity index (χ0v) is 13.0. The molecular formula is C15H30N2S. The molecule has 2 rings (SSSR count). The lowest BCUT2D eigenvalue weighted by Gasteiger charge is -2.49. The van der Waals surface area contributed by atoms with Crippen molar-refractivity contribution in [3.63, 3.8) is 0 Å². The van der Waals surface area contributed by atoms with Crippen molar-refractivity contribution in [3.8, 4) is 0 Å². The fraction of sp³-hybridized carbons (Fsp3) is 1.00. The first-order valence-corrected chi connectivity index (χ1v) is 8.88. The van der Waals surface area contributed by atoms with Crippen molar-refractivity contribution in [3.05, 3.63) is 0 Å². The molecule has 0 bridgehead atoms. The molecule has 106 valence electrons. The third kappa shape index (κ3) is 3.05. The number of hydrogen-bond donors (Lipinski definition) is 1. The van der Waals surface area contributed by atoms with Gasteiger partial charge in [-0.05, 0) is 63.0 Å². The van der Waals surface area contributed by atoms with Crippen LogP contribution in [-0.2, 0) is 0 Å². The van der Waals surface area contributed by atoms with E-state index in [9.17, 15) is 0 Å². The van der Waals surface area contributed by atoms with E-state index in [2.05, 4.69) is 30.6 Å². The summed E-state index contributed by atoms with van der Waals surface area (Å²) in [7, 11) is 2.35. The van der Waals surface area contributed by atoms with E-state index in [1.54, 1.807) is 0 Å². The molecule has 2 aliphatic rings. The summed E-state index contributed by atoms with van der Waals surface area (Å²) in [5, 5.41) is 0. The Balaban J connectivity index is 1.94. The molecule has 0 aromatic carbocycles. The van der Waals surface area contributed by atoms with Crippen molar-refractivity contribution in [1.29, 1.82) is 0 Å². The van der Waals surface area contributed by atoms with Gasteiger partial charge in [-0.2, -0.15) is 11.8 Å². The molecule has 0 unspecified atom stereocenters. The summed E-state index contributed by atoms with van der Waals surface area (Å²) in [6, 6.07) is 0.791. The summed E-state index contributed by atoms with van der Waals surface area (Å²) in [6.07, 6.45) is 9.60. The number of hydrogen-bond acceptors (Lipinski definition) is 3. The summed E-state index contributed by atoms with van der Waals surface area (Å²) < 4.78 is 0. The first-order chi connectivity index (χ1) is 8.72. The van der Waals surface area contributed by atoms with E-state index in [1.807, 2.05) is 0 Å². The Labute approximate surface area is 117 Å². The van der Waals surface area contributed by atoms with Crippen LogP contribution in [0.1, 0.15) is 51.9 Å². The van der Waals surface area contributed by atoms with Gasteiger partial charge in [0, 0.05) is 18.1 Å². The minimum absolute atomic E-state index is 0.314. The van der Waals surface area contributed by atoms with Gasteiger partial charge in [-0.25, -0.2) is 0 Å². The summed E-state index contributed by atoms with van der Waals surface area (Å²) >= 11 is 2.10. The lowest BCUT2D eigenvalue weighted by atomic mass is 9.81. The minimum Gasteiger partial charge on any atom is -0.329 e. The van der Waals surface area contributed by atoms with Gasteiger partial charge in [-0.15, -0.1) is 0 Å². The molecule has 18 heavy (non-hydrogen) atoms. The van der Waals surface area contributed by atoms with Crippen LogP contribution in [0.25, 0.3) is 0 Å². The Morgan fingerprint density at radius 3 is 2.28 bits per heavy atom. The quantitative estimate of drug-likeness (QED) is 0.851. The van der Waals surface area contributed by atoms with Crippen LogP contribution >= 0.6 is 11.8 Å². The fourth-order valence-electron chi connectivity index (χ4n) is 3.78. The average molecular weight is 270 g/mol. The highest BCUT2D eigenvalue weighted by Crippen LogP contribution is 2.37. The minimum atomic E-state index is 0.314. The van der Waals surface area contributed by atoms with E-state index >= 15 is 0 Å². The summed E-state index contributed by atoms with van der Waals surface area (Å²) in [5.74, 6) is 3.59. The Bertz CT molecular complexity index is 243. The third-order valence-electron chi connectivity index (χ3n) is 5.49. The van der Waals surface area contributed by atoms with E-state index in [0.29, 0.717) is 5.54 Å². The van der Waals surface area contributed by atoms with E-state index < -0.39 is 0 Å². The first kappa shape index (κ1) is 14.7. The molecule has 0 amide bonds. The molecule has 1 saturated heterocycles. The lowest BCUT2D eigenvalue weighted by molar-refractivity contribution is 0.0421. The molecule has 1 aliphatic carbocycles. The Hall–Kier alpha value is 0.270. The van der Waals surface area contributed by atoms with Gasteiger partial charge in [0.15, 0.2) is 0 Å². The molecule has 0 radical (unpaired) electrons. The van der Waals surface area contributed by atoms with Crippen LogP contribution in [0.2, 0.25) is 0 Å². The normalized spacial score (nSPS) is 32.7. The second kappa shape index (κ2) is 6.62. The zero-order valence-electron chi connectivity index (χ0n) is 12.2. The number of nitrogens with two attached hydrogens (primary N) is 1. The Kier molecular flexibility index (Phi) is 5.40. The van der Waals surface area contributed by atoms with Crippen molar-refractivity contribution >= 4 is 11.8 Å². The summed E-state index contributed by atoms with van der Waals surface area (Å²) in [6.45, 7) is 3.19. The Morgan fingerprint density at radius 2 is 1.78 bits per heavy atom. The molecule has 0 atom stereocenters. The van der Waals surface area contributed by atoms with E-state index in [-0.39, 0.29) is 0 Å². The van der Waals surface area contributed by atoms with Gasteiger partial charge in [0.05, 0.1) is 0 Å². The van der Waals surface area contributed by atoms with E-state index in [1.165, 1.54) is 56.5 Å². The van der Waals surface area contributed by atoms with Crippen LogP contribution < -0.4 is 5.73 Å². The number of nitrogens with zero attached hydrogens (tertiary/aromatic N) is 1. The second-order valence-electron chi connectivity index (χ2n) is 6.23. The van der Waals surface area contributed by atoms with Crippen LogP contribution in [0.4, 0.5) is 0 Å². The summed E-state index contributed by atoms with van der Waals surface area (Å²) in [4.78, 5) is 2.68. The van der Waals surface area contributed by atoms with Gasteiger partial charge in [-0.1, -0.05) is 13.3 Å². The maximum atomic E-state index is 6.15. The predicted octanol–water partition coefficient (Wildman–Crippen LogP) is 3.11. The van der Waals surface area contributed by atoms with Crippen LogP contribution in [0.15, 0.2) is 0 Å². The van der Waals surface area contributed by atoms with Crippen molar-refractivity contribution in [2.75, 3.05) is 25.1 Å². The van der Waals surface area contributed by atoms with Crippen LogP contribution in [0.5, 0.6) is 0 Å². The van der Waals surface area contributed by atoms with Crippen molar-refractivity contribution in [1.82, 2.24) is 4.90 Å². The van der Waals surface area contributed by atoms with Crippen LogP contribution in [0, 0.1) is 5.92 Å². The van der Waals surface area contributed by atoms with Gasteiger partial charge in [0.1, 0.15) is 0 Å². The largest absolute Gasteiger partial charge is 0.329 e. The molecule has 0 aromatic heterocycles. The number of thioether (sulfide) groups is 1. The zero-order chi connectivity index (χ0) is 13.0. The number of rotatable bonds is 4. The number of likely N-dealkylation sites (N-methyl/N-ethyl adjacent to an activating group) is 1.